The van der Waals surface area contributed by atoms with E-state index in [1.807, 2.05) is 32.0 Å². The van der Waals surface area contributed by atoms with E-state index in [0.29, 0.717) is 23.0 Å². The lowest BCUT2D eigenvalue weighted by atomic mass is 10.0. The van der Waals surface area contributed by atoms with E-state index in [-0.39, 0.29) is 18.7 Å². The Balaban J connectivity index is 1.42. The molecule has 0 amide bonds. The fraction of sp³-hybridized carbons (Fsp3) is 0.357. The van der Waals surface area contributed by atoms with Crippen LogP contribution < -0.4 is 11.1 Å². The number of benzene rings is 2. The highest BCUT2D eigenvalue weighted by molar-refractivity contribution is 7.99. The average Bonchev–Trinajstić information content (AvgIpc) is 3.29. The number of fused-ring (bicyclic) bond motifs is 1. The van der Waals surface area contributed by atoms with Crippen molar-refractivity contribution in [1.29, 1.82) is 0 Å². The quantitative estimate of drug-likeness (QED) is 0.200. The number of aryl methyl sites for hydroxylation is 3. The number of nitrogens with one attached hydrogen (secondary N) is 1. The van der Waals surface area contributed by atoms with Crippen LogP contribution >= 0.6 is 11.8 Å². The minimum absolute atomic E-state index is 0.0233. The lowest BCUT2D eigenvalue weighted by Crippen LogP contribution is -2.46. The van der Waals surface area contributed by atoms with Crippen LogP contribution in [0.25, 0.3) is 5.78 Å². The fourth-order valence-corrected chi connectivity index (χ4v) is 5.12. The number of hydrogen-bond donors (Lipinski definition) is 2. The zero-order valence-corrected chi connectivity index (χ0v) is 23.0. The number of esters is 1. The number of ether oxygens (including phenoxy) is 1. The van der Waals surface area contributed by atoms with E-state index in [2.05, 4.69) is 39.6 Å². The Morgan fingerprint density at radius 1 is 1.08 bits per heavy atom. The van der Waals surface area contributed by atoms with E-state index in [4.69, 9.17) is 10.5 Å². The number of hydrogen-bond acceptors (Lipinski definition) is 8. The summed E-state index contributed by atoms with van der Waals surface area (Å²) in [5.41, 5.74) is 10.8. The molecule has 0 saturated carbocycles. The highest BCUT2D eigenvalue weighted by Crippen LogP contribution is 2.19. The molecule has 0 bridgehead atoms. The summed E-state index contributed by atoms with van der Waals surface area (Å²) < 4.78 is 35.0. The molecule has 3 N–H and O–H groups in total. The van der Waals surface area contributed by atoms with Gasteiger partial charge in [-0.15, -0.1) is 10.2 Å². The van der Waals surface area contributed by atoms with Gasteiger partial charge in [-0.1, -0.05) is 43.0 Å². The number of carbonyl (C=O) groups is 1. The molecule has 2 aromatic heterocycles. The van der Waals surface area contributed by atoms with Crippen molar-refractivity contribution < 1.29 is 18.3 Å². The smallest absolute Gasteiger partial charge is 0.316 e. The molecule has 8 nitrogen and oxygen atoms in total. The van der Waals surface area contributed by atoms with Gasteiger partial charge in [0.1, 0.15) is 17.7 Å². The zero-order valence-electron chi connectivity index (χ0n) is 22.2. The Labute approximate surface area is 230 Å². The summed E-state index contributed by atoms with van der Waals surface area (Å²) in [5, 5.41) is 12.1. The van der Waals surface area contributed by atoms with Crippen molar-refractivity contribution in [3.63, 3.8) is 0 Å². The van der Waals surface area contributed by atoms with Crippen LogP contribution in [0.3, 0.4) is 0 Å². The Morgan fingerprint density at radius 3 is 2.56 bits per heavy atom. The van der Waals surface area contributed by atoms with Crippen LogP contribution in [0.2, 0.25) is 0 Å². The molecule has 206 valence electrons. The van der Waals surface area contributed by atoms with Gasteiger partial charge in [-0.3, -0.25) is 9.20 Å². The van der Waals surface area contributed by atoms with Crippen LogP contribution in [-0.4, -0.2) is 50.0 Å². The third kappa shape index (κ3) is 7.81. The van der Waals surface area contributed by atoms with E-state index in [1.165, 1.54) is 29.5 Å². The van der Waals surface area contributed by atoms with Crippen molar-refractivity contribution in [3.05, 3.63) is 88.2 Å². The van der Waals surface area contributed by atoms with Gasteiger partial charge in [0.05, 0.1) is 5.75 Å². The third-order valence-corrected chi connectivity index (χ3v) is 7.11. The zero-order chi connectivity index (χ0) is 27.9. The third-order valence-electron chi connectivity index (χ3n) is 6.21. The normalized spacial score (nSPS) is 13.0. The molecule has 2 heterocycles. The molecule has 0 fully saturated rings. The first-order chi connectivity index (χ1) is 18.7. The number of aromatic nitrogens is 4. The Morgan fingerprint density at radius 2 is 1.82 bits per heavy atom. The second-order valence-corrected chi connectivity index (χ2v) is 10.4. The van der Waals surface area contributed by atoms with Gasteiger partial charge in [-0.2, -0.15) is 0 Å². The maximum atomic E-state index is 13.7. The molecule has 0 aliphatic heterocycles. The molecule has 4 aromatic rings. The van der Waals surface area contributed by atoms with Gasteiger partial charge in [-0.25, -0.2) is 13.8 Å². The number of rotatable bonds is 12. The summed E-state index contributed by atoms with van der Waals surface area (Å²) in [4.78, 5) is 17.2. The van der Waals surface area contributed by atoms with Crippen molar-refractivity contribution in [2.45, 2.75) is 57.5 Å². The predicted octanol–water partition coefficient (Wildman–Crippen LogP) is 3.95. The number of nitrogens with zero attached hydrogens (tertiary/aromatic N) is 4. The van der Waals surface area contributed by atoms with Crippen molar-refractivity contribution in [3.8, 4) is 0 Å². The maximum Gasteiger partial charge on any atom is 0.316 e. The first-order valence-corrected chi connectivity index (χ1v) is 13.7. The summed E-state index contributed by atoms with van der Waals surface area (Å²) in [6.07, 6.45) is 0.323. The molecule has 39 heavy (non-hydrogen) atoms. The van der Waals surface area contributed by atoms with Crippen molar-refractivity contribution >= 4 is 23.5 Å². The average molecular weight is 555 g/mol. The van der Waals surface area contributed by atoms with Gasteiger partial charge >= 0.3 is 5.97 Å². The molecule has 0 aliphatic rings. The van der Waals surface area contributed by atoms with E-state index >= 15 is 0 Å². The summed E-state index contributed by atoms with van der Waals surface area (Å²) in [7, 11) is 0. The molecule has 0 radical (unpaired) electrons. The minimum Gasteiger partial charge on any atom is -0.459 e. The first kappa shape index (κ1) is 28.6. The van der Waals surface area contributed by atoms with Gasteiger partial charge in [0.25, 0.3) is 5.78 Å². The second kappa shape index (κ2) is 13.1. The largest absolute Gasteiger partial charge is 0.459 e. The molecule has 2 aromatic carbocycles. The summed E-state index contributed by atoms with van der Waals surface area (Å²) in [6, 6.07) is 12.7. The molecule has 4 rings (SSSR count). The van der Waals surface area contributed by atoms with E-state index in [1.54, 1.807) is 4.40 Å². The lowest BCUT2D eigenvalue weighted by Gasteiger charge is -2.25. The lowest BCUT2D eigenvalue weighted by molar-refractivity contribution is -0.146. The summed E-state index contributed by atoms with van der Waals surface area (Å²) >= 11 is 1.19. The van der Waals surface area contributed by atoms with Gasteiger partial charge in [-0.05, 0) is 61.6 Å². The Hall–Kier alpha value is -3.41. The van der Waals surface area contributed by atoms with E-state index in [0.717, 1.165) is 29.4 Å². The standard InChI is InChI=1S/C28H32F2N6O2S/c1-4-19-6-5-7-20(9-19)14-32-15-25(24(31)12-21-10-22(29)13-23(30)11-21)38-26(37)16-39-28-35-34-27-33-17(2)8-18(3)36(27)28/h5-11,13,24-25,32H,4,12,14-16,31H2,1-3H3/t24-,25+/m0/s1. The van der Waals surface area contributed by atoms with E-state index in [9.17, 15) is 13.6 Å². The van der Waals surface area contributed by atoms with Crippen molar-refractivity contribution in [2.24, 2.45) is 5.73 Å². The summed E-state index contributed by atoms with van der Waals surface area (Å²) in [5.74, 6) is -1.42. The molecule has 0 aliphatic carbocycles. The van der Waals surface area contributed by atoms with E-state index < -0.39 is 29.7 Å². The molecule has 2 atom stereocenters. The monoisotopic (exact) mass is 554 g/mol. The molecule has 11 heteroatoms. The molecular formula is C28H32F2N6O2S. The van der Waals surface area contributed by atoms with Gasteiger partial charge in [0.2, 0.25) is 0 Å². The molecule has 0 unspecified atom stereocenters. The number of carbonyl (C=O) groups excluding carboxylic acids is 1. The minimum atomic E-state index is -0.736. The van der Waals surface area contributed by atoms with Crippen LogP contribution in [0.4, 0.5) is 8.78 Å². The molecular weight excluding hydrogens is 522 g/mol. The van der Waals surface area contributed by atoms with Gasteiger partial charge in [0.15, 0.2) is 5.16 Å². The van der Waals surface area contributed by atoms with Gasteiger partial charge in [0, 0.05) is 36.6 Å². The SMILES string of the molecule is CCc1cccc(CNC[C@@H](OC(=O)CSc2nnc3nc(C)cc(C)n23)[C@@H](N)Cc2cc(F)cc(F)c2)c1. The number of thioether (sulfide) groups is 1. The Bertz CT molecular complexity index is 1430. The first-order valence-electron chi connectivity index (χ1n) is 12.7. The van der Waals surface area contributed by atoms with Gasteiger partial charge < -0.3 is 15.8 Å². The van der Waals surface area contributed by atoms with Crippen LogP contribution in [0.5, 0.6) is 0 Å². The molecule has 0 saturated heterocycles. The number of nitrogens with two attached hydrogens (primary N) is 1. The van der Waals surface area contributed by atoms with Crippen molar-refractivity contribution in [2.75, 3.05) is 12.3 Å². The second-order valence-electron chi connectivity index (χ2n) is 9.42. The Kier molecular flexibility index (Phi) is 9.60. The number of halogens is 2. The van der Waals surface area contributed by atoms with Crippen LogP contribution in [0, 0.1) is 25.5 Å². The van der Waals surface area contributed by atoms with Crippen molar-refractivity contribution in [1.82, 2.24) is 24.9 Å². The maximum absolute atomic E-state index is 13.7. The fourth-order valence-electron chi connectivity index (χ4n) is 4.35. The summed E-state index contributed by atoms with van der Waals surface area (Å²) in [6.45, 7) is 6.70. The van der Waals surface area contributed by atoms with Crippen LogP contribution in [0.15, 0.2) is 53.7 Å². The highest BCUT2D eigenvalue weighted by Gasteiger charge is 2.24. The van der Waals surface area contributed by atoms with Crippen LogP contribution in [0.1, 0.15) is 35.0 Å². The molecule has 0 spiro atoms. The highest BCUT2D eigenvalue weighted by atomic mass is 32.2. The van der Waals surface area contributed by atoms with Crippen LogP contribution in [-0.2, 0) is 28.9 Å². The predicted molar refractivity (Wildman–Crippen MR) is 146 cm³/mol. The topological polar surface area (TPSA) is 107 Å².